The lowest BCUT2D eigenvalue weighted by Gasteiger charge is -2.16. The van der Waals surface area contributed by atoms with E-state index in [1.54, 1.807) is 0 Å². The fraction of sp³-hybridized carbons (Fsp3) is 0. The Hall–Kier alpha value is -2.66. The lowest BCUT2D eigenvalue weighted by atomic mass is 10.3. The first-order valence-electron chi connectivity index (χ1n) is 5.72. The minimum atomic E-state index is -3.10. The number of nitrogens with two attached hydrogens (primary N) is 1. The maximum atomic E-state index is 11.5. The number of thiazole rings is 1. The molecule has 1 aromatic carbocycles. The highest BCUT2D eigenvalue weighted by Gasteiger charge is 2.22. The van der Waals surface area contributed by atoms with E-state index >= 15 is 0 Å². The number of hydrogen-bond acceptors (Lipinski definition) is 6. The van der Waals surface area contributed by atoms with Crippen molar-refractivity contribution in [2.75, 3.05) is 9.62 Å². The number of nitrogens with zero attached hydrogens (tertiary/aromatic N) is 2. The van der Waals surface area contributed by atoms with Crippen molar-refractivity contribution in [2.24, 2.45) is 5.73 Å². The number of benzene rings is 1. The second-order valence-electron chi connectivity index (χ2n) is 3.95. The Bertz CT molecular complexity index is 776. The Morgan fingerprint density at radius 2 is 2.00 bits per heavy atom. The Morgan fingerprint density at radius 1 is 1.36 bits per heavy atom. The molecule has 0 fully saturated rings. The van der Waals surface area contributed by atoms with Gasteiger partial charge in [-0.3, -0.25) is 5.41 Å². The van der Waals surface area contributed by atoms with Crippen LogP contribution in [0, 0.1) is 5.41 Å². The summed E-state index contributed by atoms with van der Waals surface area (Å²) in [6.07, 6.45) is 0. The van der Waals surface area contributed by atoms with E-state index in [1.165, 1.54) is 29.8 Å². The zero-order valence-electron chi connectivity index (χ0n) is 10.9. The van der Waals surface area contributed by atoms with Gasteiger partial charge in [0, 0.05) is 5.69 Å². The molecule has 1 aromatic heterocycles. The summed E-state index contributed by atoms with van der Waals surface area (Å²) < 4.78 is 23.9. The molecule has 0 radical (unpaired) electrons. The highest BCUT2D eigenvalue weighted by atomic mass is 32.2. The number of carboxylic acids is 1. The van der Waals surface area contributed by atoms with Gasteiger partial charge in [0.1, 0.15) is 5.00 Å². The summed E-state index contributed by atoms with van der Waals surface area (Å²) in [5, 5.41) is 18.7. The van der Waals surface area contributed by atoms with E-state index in [4.69, 9.17) is 16.2 Å². The van der Waals surface area contributed by atoms with Crippen molar-refractivity contribution in [1.29, 1.82) is 5.41 Å². The molecule has 2 rings (SSSR count). The largest absolute Gasteiger partial charge is 0.476 e. The van der Waals surface area contributed by atoms with E-state index in [2.05, 4.69) is 10.3 Å². The number of thiol groups is 1. The van der Waals surface area contributed by atoms with Crippen LogP contribution >= 0.6 is 11.3 Å². The van der Waals surface area contributed by atoms with Crippen molar-refractivity contribution >= 4 is 50.5 Å². The Labute approximate surface area is 130 Å². The molecule has 0 amide bonds. The number of nitrogens with one attached hydrogen (secondary N) is 2. The smallest absolute Gasteiger partial charge is 0.357 e. The van der Waals surface area contributed by atoms with Crippen LogP contribution in [0.1, 0.15) is 10.5 Å². The molecular formula is C11H11N5O4S2. The van der Waals surface area contributed by atoms with Crippen molar-refractivity contribution in [1.82, 2.24) is 4.98 Å². The molecule has 5 N–H and O–H groups in total. The number of carbonyl (C=O) groups is 1. The molecule has 0 atom stereocenters. The number of carboxylic acid groups (broad SMARTS) is 1. The summed E-state index contributed by atoms with van der Waals surface area (Å²) >= 11 is 0.904. The van der Waals surface area contributed by atoms with Gasteiger partial charge in [-0.2, -0.15) is 0 Å². The van der Waals surface area contributed by atoms with Crippen molar-refractivity contribution < 1.29 is 18.3 Å². The van der Waals surface area contributed by atoms with Gasteiger partial charge in [0.25, 0.3) is 0 Å². The number of anilines is 3. The van der Waals surface area contributed by atoms with E-state index in [-0.39, 0.29) is 22.3 Å². The predicted molar refractivity (Wildman–Crippen MR) is 83.5 cm³/mol. The zero-order valence-corrected chi connectivity index (χ0v) is 12.6. The molecule has 0 bridgehead atoms. The number of guanidine groups is 1. The zero-order chi connectivity index (χ0) is 16.3. The predicted octanol–water partition coefficient (Wildman–Crippen LogP) is 0.811. The molecule has 0 aliphatic heterocycles. The number of rotatable bonds is 5. The van der Waals surface area contributed by atoms with Gasteiger partial charge >= 0.3 is 5.97 Å². The summed E-state index contributed by atoms with van der Waals surface area (Å²) in [6, 6.07) is 5.96. The molecule has 0 spiro atoms. The maximum Gasteiger partial charge on any atom is 0.357 e. The summed E-state index contributed by atoms with van der Waals surface area (Å²) in [6.45, 7) is 0. The van der Waals surface area contributed by atoms with Gasteiger partial charge in [0.15, 0.2) is 11.7 Å². The second-order valence-corrected chi connectivity index (χ2v) is 5.66. The second kappa shape index (κ2) is 6.41. The normalized spacial score (nSPS) is 10.4. The molecular weight excluding hydrogens is 330 g/mol. The maximum absolute atomic E-state index is 11.5. The van der Waals surface area contributed by atoms with E-state index < -0.39 is 16.9 Å². The Kier molecular flexibility index (Phi) is 4.58. The molecule has 11 heteroatoms. The van der Waals surface area contributed by atoms with Crippen LogP contribution in [0.4, 0.5) is 16.4 Å². The van der Waals surface area contributed by atoms with Crippen LogP contribution in [-0.2, 0) is 10.9 Å². The highest BCUT2D eigenvalue weighted by molar-refractivity contribution is 7.74. The fourth-order valence-corrected chi connectivity index (χ4v) is 3.29. The third-order valence-corrected chi connectivity index (χ3v) is 4.20. The molecule has 0 saturated carbocycles. The highest BCUT2D eigenvalue weighted by Crippen LogP contribution is 2.32. The lowest BCUT2D eigenvalue weighted by molar-refractivity contribution is 0.0692. The summed E-state index contributed by atoms with van der Waals surface area (Å²) in [5.74, 6) is -1.57. The Balaban J connectivity index is 2.42. The average molecular weight is 341 g/mol. The van der Waals surface area contributed by atoms with Gasteiger partial charge in [-0.1, -0.05) is 0 Å². The van der Waals surface area contributed by atoms with Crippen molar-refractivity contribution in [3.63, 3.8) is 0 Å². The number of hydrogen-bond donors (Lipinski definition) is 5. The van der Waals surface area contributed by atoms with Crippen LogP contribution in [0.15, 0.2) is 29.8 Å². The summed E-state index contributed by atoms with van der Waals surface area (Å²) in [4.78, 5) is 14.7. The first kappa shape index (κ1) is 15.7. The van der Waals surface area contributed by atoms with E-state index in [0.29, 0.717) is 5.69 Å². The first-order valence-corrected chi connectivity index (χ1v) is 7.73. The summed E-state index contributed by atoms with van der Waals surface area (Å²) in [5.41, 5.74) is 6.86. The molecule has 2 aromatic rings. The molecule has 1 heterocycles. The van der Waals surface area contributed by atoms with Crippen LogP contribution in [0.3, 0.4) is 0 Å². The summed E-state index contributed by atoms with van der Waals surface area (Å²) in [7, 11) is -3.10. The van der Waals surface area contributed by atoms with Crippen molar-refractivity contribution in [3.8, 4) is 0 Å². The molecule has 0 aliphatic carbocycles. The van der Waals surface area contributed by atoms with Crippen LogP contribution in [0.5, 0.6) is 0 Å². The van der Waals surface area contributed by atoms with Crippen molar-refractivity contribution in [2.45, 2.75) is 0 Å². The molecule has 9 nitrogen and oxygen atoms in total. The van der Waals surface area contributed by atoms with Gasteiger partial charge in [-0.05, 0) is 24.3 Å². The molecule has 116 valence electrons. The van der Waals surface area contributed by atoms with E-state index in [0.717, 1.165) is 15.6 Å². The van der Waals surface area contributed by atoms with E-state index in [9.17, 15) is 13.2 Å². The SMILES string of the molecule is N=C(N)Nc1ccc(N(c2scnc2C(=O)O)[SH](=O)=O)cc1. The first-order chi connectivity index (χ1) is 10.4. The van der Waals surface area contributed by atoms with Gasteiger partial charge < -0.3 is 16.2 Å². The third-order valence-electron chi connectivity index (χ3n) is 2.50. The average Bonchev–Trinajstić information content (AvgIpc) is 2.89. The van der Waals surface area contributed by atoms with Gasteiger partial charge in [-0.25, -0.2) is 22.5 Å². The minimum Gasteiger partial charge on any atom is -0.476 e. The van der Waals surface area contributed by atoms with Crippen LogP contribution < -0.4 is 15.4 Å². The van der Waals surface area contributed by atoms with Gasteiger partial charge in [0.2, 0.25) is 10.9 Å². The van der Waals surface area contributed by atoms with Crippen LogP contribution in [0.25, 0.3) is 0 Å². The lowest BCUT2D eigenvalue weighted by Crippen LogP contribution is -2.20. The topological polar surface area (TPSA) is 149 Å². The number of aromatic nitrogens is 1. The van der Waals surface area contributed by atoms with Crippen LogP contribution in [0.2, 0.25) is 0 Å². The van der Waals surface area contributed by atoms with Crippen molar-refractivity contribution in [3.05, 3.63) is 35.5 Å². The van der Waals surface area contributed by atoms with Crippen LogP contribution in [-0.4, -0.2) is 30.4 Å². The Morgan fingerprint density at radius 3 is 2.50 bits per heavy atom. The molecule has 0 aliphatic rings. The monoisotopic (exact) mass is 341 g/mol. The van der Waals surface area contributed by atoms with Gasteiger partial charge in [0.05, 0.1) is 11.2 Å². The third kappa shape index (κ3) is 3.32. The molecule has 0 unspecified atom stereocenters. The standard InChI is InChI=1S/C11H11N5O4S2/c12-11(13)15-6-1-3-7(4-2-6)16(22(19)20)9-8(10(17)18)14-5-21-9/h1-5,22H,(H,17,18)(H4,12,13,15). The van der Waals surface area contributed by atoms with Gasteiger partial charge in [-0.15, -0.1) is 11.3 Å². The quantitative estimate of drug-likeness (QED) is 0.307. The molecule has 22 heavy (non-hydrogen) atoms. The minimum absolute atomic E-state index is 0.00381. The van der Waals surface area contributed by atoms with E-state index in [1.807, 2.05) is 0 Å². The fourth-order valence-electron chi connectivity index (χ4n) is 1.66. The number of aromatic carboxylic acids is 1. The molecule has 0 saturated heterocycles.